The van der Waals surface area contributed by atoms with Crippen LogP contribution in [0.5, 0.6) is 0 Å². The molecule has 0 bridgehead atoms. The van der Waals surface area contributed by atoms with Crippen LogP contribution >= 0.6 is 0 Å². The lowest BCUT2D eigenvalue weighted by atomic mass is 10.2. The third-order valence-corrected chi connectivity index (χ3v) is 6.48. The van der Waals surface area contributed by atoms with Crippen molar-refractivity contribution >= 4 is 38.8 Å². The van der Waals surface area contributed by atoms with Crippen LogP contribution in [0, 0.1) is 0 Å². The molecule has 33 heavy (non-hydrogen) atoms. The monoisotopic (exact) mass is 469 g/mol. The number of amides is 1. The Morgan fingerprint density at radius 1 is 0.970 bits per heavy atom. The molecule has 0 saturated heterocycles. The molecule has 0 fully saturated rings. The van der Waals surface area contributed by atoms with Crippen molar-refractivity contribution in [1.82, 2.24) is 15.3 Å². The Morgan fingerprint density at radius 2 is 1.67 bits per heavy atom. The summed E-state index contributed by atoms with van der Waals surface area (Å²) in [7, 11) is -1.67. The van der Waals surface area contributed by atoms with Gasteiger partial charge in [0.05, 0.1) is 10.6 Å². The van der Waals surface area contributed by atoms with E-state index in [4.69, 9.17) is 4.74 Å². The molecule has 3 aromatic rings. The van der Waals surface area contributed by atoms with Crippen molar-refractivity contribution in [2.24, 2.45) is 0 Å². The molecule has 0 aliphatic carbocycles. The zero-order valence-corrected chi connectivity index (χ0v) is 19.4. The van der Waals surface area contributed by atoms with Crippen LogP contribution in [0.2, 0.25) is 0 Å². The van der Waals surface area contributed by atoms with Crippen molar-refractivity contribution < 1.29 is 17.9 Å². The van der Waals surface area contributed by atoms with Crippen LogP contribution in [0.1, 0.15) is 23.7 Å². The maximum absolute atomic E-state index is 12.2. The van der Waals surface area contributed by atoms with E-state index in [-0.39, 0.29) is 16.6 Å². The predicted molar refractivity (Wildman–Crippen MR) is 128 cm³/mol. The summed E-state index contributed by atoms with van der Waals surface area (Å²) < 4.78 is 29.2. The topological polar surface area (TPSA) is 122 Å². The third kappa shape index (κ3) is 6.99. The number of sulfone groups is 1. The van der Waals surface area contributed by atoms with Crippen LogP contribution in [-0.4, -0.2) is 50.3 Å². The quantitative estimate of drug-likeness (QED) is 0.365. The Bertz CT molecular complexity index is 1180. The summed E-state index contributed by atoms with van der Waals surface area (Å²) in [5.74, 6) is 0.942. The Labute approximate surface area is 193 Å². The zero-order chi connectivity index (χ0) is 23.7. The van der Waals surface area contributed by atoms with Crippen molar-refractivity contribution in [2.75, 3.05) is 36.6 Å². The molecule has 9 nitrogen and oxygen atoms in total. The predicted octanol–water partition coefficient (Wildman–Crippen LogP) is 3.52. The Hall–Kier alpha value is -3.50. The van der Waals surface area contributed by atoms with E-state index >= 15 is 0 Å². The number of benzene rings is 2. The van der Waals surface area contributed by atoms with E-state index in [0.717, 1.165) is 12.1 Å². The molecule has 0 radical (unpaired) electrons. The normalized spacial score (nSPS) is 11.1. The fraction of sp³-hybridized carbons (Fsp3) is 0.261. The molecular formula is C23H27N5O4S. The van der Waals surface area contributed by atoms with Crippen molar-refractivity contribution in [3.63, 3.8) is 0 Å². The van der Waals surface area contributed by atoms with Gasteiger partial charge in [0.15, 0.2) is 9.84 Å². The van der Waals surface area contributed by atoms with Crippen LogP contribution < -0.4 is 16.0 Å². The number of hydrogen-bond donors (Lipinski definition) is 3. The van der Waals surface area contributed by atoms with E-state index in [1.165, 1.54) is 6.33 Å². The number of rotatable bonds is 11. The first-order valence-electron chi connectivity index (χ1n) is 10.5. The molecule has 1 aromatic heterocycles. The Balaban J connectivity index is 1.64. The number of nitrogens with one attached hydrogen (secondary N) is 3. The highest BCUT2D eigenvalue weighted by molar-refractivity contribution is 7.91. The van der Waals surface area contributed by atoms with E-state index in [9.17, 15) is 13.2 Å². The molecule has 0 aliphatic rings. The maximum atomic E-state index is 12.2. The van der Waals surface area contributed by atoms with Crippen molar-refractivity contribution in [2.45, 2.75) is 18.2 Å². The molecule has 0 aliphatic heterocycles. The fourth-order valence-corrected chi connectivity index (χ4v) is 3.87. The van der Waals surface area contributed by atoms with Crippen LogP contribution in [-0.2, 0) is 14.6 Å². The number of nitrogens with zero attached hydrogens (tertiary/aromatic N) is 2. The Morgan fingerprint density at radius 3 is 2.33 bits per heavy atom. The van der Waals surface area contributed by atoms with E-state index in [1.54, 1.807) is 68.6 Å². The zero-order valence-electron chi connectivity index (χ0n) is 18.5. The third-order valence-electron chi connectivity index (χ3n) is 4.74. The van der Waals surface area contributed by atoms with Crippen molar-refractivity contribution in [1.29, 1.82) is 0 Å². The lowest BCUT2D eigenvalue weighted by Gasteiger charge is -2.10. The molecule has 174 valence electrons. The van der Waals surface area contributed by atoms with Gasteiger partial charge >= 0.3 is 0 Å². The average molecular weight is 470 g/mol. The van der Waals surface area contributed by atoms with Gasteiger partial charge in [0.1, 0.15) is 18.0 Å². The van der Waals surface area contributed by atoms with Gasteiger partial charge in [-0.1, -0.05) is 13.0 Å². The number of carbonyl (C=O) groups excluding carboxylic acids is 1. The minimum absolute atomic E-state index is 0.0340. The molecule has 0 atom stereocenters. The summed E-state index contributed by atoms with van der Waals surface area (Å²) in [4.78, 5) is 20.8. The second kappa shape index (κ2) is 11.4. The standard InChI is InChI=1S/C23H27N5O4S/c1-3-33(30,31)20-7-4-6-19(14-20)28-22-15-21(25-16-26-22)27-18-10-8-17(9-11-18)23(29)24-12-5-13-32-2/h4,6-11,14-16H,3,5,12-13H2,1-2H3,(H,24,29)(H2,25,26,27,28). The second-order valence-corrected chi connectivity index (χ2v) is 9.43. The summed E-state index contributed by atoms with van der Waals surface area (Å²) >= 11 is 0. The molecule has 3 N–H and O–H groups in total. The van der Waals surface area contributed by atoms with Gasteiger partial charge in [-0.2, -0.15) is 0 Å². The first-order chi connectivity index (χ1) is 15.9. The van der Waals surface area contributed by atoms with Gasteiger partial charge in [0.25, 0.3) is 5.91 Å². The van der Waals surface area contributed by atoms with Gasteiger partial charge in [-0.3, -0.25) is 4.79 Å². The van der Waals surface area contributed by atoms with Crippen molar-refractivity contribution in [3.8, 4) is 0 Å². The van der Waals surface area contributed by atoms with Crippen LogP contribution in [0.25, 0.3) is 0 Å². The van der Waals surface area contributed by atoms with Gasteiger partial charge < -0.3 is 20.7 Å². The number of methoxy groups -OCH3 is 1. The van der Waals surface area contributed by atoms with Crippen LogP contribution in [0.3, 0.4) is 0 Å². The number of carbonyl (C=O) groups is 1. The number of hydrogen-bond acceptors (Lipinski definition) is 8. The van der Waals surface area contributed by atoms with E-state index in [1.807, 2.05) is 0 Å². The smallest absolute Gasteiger partial charge is 0.251 e. The molecule has 1 heterocycles. The Kier molecular flexibility index (Phi) is 8.34. The number of anilines is 4. The molecule has 0 saturated carbocycles. The van der Waals surface area contributed by atoms with Gasteiger partial charge in [-0.25, -0.2) is 18.4 Å². The molecule has 0 spiro atoms. The number of aromatic nitrogens is 2. The fourth-order valence-electron chi connectivity index (χ4n) is 2.95. The molecule has 0 unspecified atom stereocenters. The molecule has 1 amide bonds. The molecule has 2 aromatic carbocycles. The van der Waals surface area contributed by atoms with Gasteiger partial charge in [-0.05, 0) is 48.9 Å². The van der Waals surface area contributed by atoms with Gasteiger partial charge in [-0.15, -0.1) is 0 Å². The average Bonchev–Trinajstić information content (AvgIpc) is 2.82. The first kappa shape index (κ1) is 24.1. The highest BCUT2D eigenvalue weighted by atomic mass is 32.2. The minimum atomic E-state index is -3.30. The summed E-state index contributed by atoms with van der Waals surface area (Å²) in [5.41, 5.74) is 1.92. The number of ether oxygens (including phenoxy) is 1. The van der Waals surface area contributed by atoms with Crippen molar-refractivity contribution in [3.05, 3.63) is 66.5 Å². The van der Waals surface area contributed by atoms with E-state index in [2.05, 4.69) is 25.9 Å². The highest BCUT2D eigenvalue weighted by Crippen LogP contribution is 2.22. The summed E-state index contributed by atoms with van der Waals surface area (Å²) in [6, 6.07) is 15.3. The van der Waals surface area contributed by atoms with Crippen LogP contribution in [0.15, 0.2) is 65.8 Å². The second-order valence-electron chi connectivity index (χ2n) is 7.15. The maximum Gasteiger partial charge on any atom is 0.251 e. The van der Waals surface area contributed by atoms with E-state index in [0.29, 0.717) is 36.0 Å². The minimum Gasteiger partial charge on any atom is -0.385 e. The van der Waals surface area contributed by atoms with Gasteiger partial charge in [0.2, 0.25) is 0 Å². The lowest BCUT2D eigenvalue weighted by Crippen LogP contribution is -2.25. The summed E-state index contributed by atoms with van der Waals surface area (Å²) in [5, 5.41) is 9.11. The first-order valence-corrected chi connectivity index (χ1v) is 12.1. The largest absolute Gasteiger partial charge is 0.385 e. The van der Waals surface area contributed by atoms with E-state index < -0.39 is 9.84 Å². The molecular weight excluding hydrogens is 442 g/mol. The SMILES string of the molecule is CCS(=O)(=O)c1cccc(Nc2cc(Nc3ccc(C(=O)NCCCOC)cc3)ncn2)c1. The van der Waals surface area contributed by atoms with Gasteiger partial charge in [0, 0.05) is 43.3 Å². The molecule has 3 rings (SSSR count). The molecule has 10 heteroatoms. The summed E-state index contributed by atoms with van der Waals surface area (Å²) in [6.07, 6.45) is 2.16. The highest BCUT2D eigenvalue weighted by Gasteiger charge is 2.12. The van der Waals surface area contributed by atoms with Crippen LogP contribution in [0.4, 0.5) is 23.0 Å². The summed E-state index contributed by atoms with van der Waals surface area (Å²) in [6.45, 7) is 2.76. The lowest BCUT2D eigenvalue weighted by molar-refractivity contribution is 0.0948.